The number of hydrogen-bond acceptors (Lipinski definition) is 6. The number of aromatic nitrogens is 5. The van der Waals surface area contributed by atoms with Crippen LogP contribution in [0.15, 0.2) is 17.1 Å². The topological polar surface area (TPSA) is 88.9 Å². The average molecular weight is 415 g/mol. The van der Waals surface area contributed by atoms with Crippen molar-refractivity contribution in [2.45, 2.75) is 26.2 Å². The van der Waals surface area contributed by atoms with E-state index in [0.717, 1.165) is 56.7 Å². The van der Waals surface area contributed by atoms with E-state index in [1.165, 1.54) is 0 Å². The Kier molecular flexibility index (Phi) is 4.36. The SMILES string of the molecule is Cc1c(-c2n[nH]c3nc(N4CCC5(CCOC5)CC4)n(C)c(=O)c23)ccnc1Cl. The second-order valence-electron chi connectivity index (χ2n) is 8.14. The summed E-state index contributed by atoms with van der Waals surface area (Å²) in [5.74, 6) is 0.677. The highest BCUT2D eigenvalue weighted by Gasteiger charge is 2.38. The van der Waals surface area contributed by atoms with E-state index in [0.29, 0.717) is 33.2 Å². The van der Waals surface area contributed by atoms with Gasteiger partial charge in [-0.1, -0.05) is 11.6 Å². The van der Waals surface area contributed by atoms with Crippen LogP contribution in [0, 0.1) is 12.3 Å². The van der Waals surface area contributed by atoms with E-state index in [2.05, 4.69) is 20.1 Å². The molecule has 2 aliphatic rings. The Bertz CT molecular complexity index is 1140. The van der Waals surface area contributed by atoms with Gasteiger partial charge in [-0.05, 0) is 43.2 Å². The number of hydrogen-bond donors (Lipinski definition) is 1. The number of piperidine rings is 1. The minimum absolute atomic E-state index is 0.120. The van der Waals surface area contributed by atoms with Gasteiger partial charge < -0.3 is 9.64 Å². The van der Waals surface area contributed by atoms with Crippen molar-refractivity contribution in [2.75, 3.05) is 31.2 Å². The van der Waals surface area contributed by atoms with E-state index in [9.17, 15) is 4.79 Å². The largest absolute Gasteiger partial charge is 0.381 e. The van der Waals surface area contributed by atoms with Crippen LogP contribution in [0.25, 0.3) is 22.3 Å². The van der Waals surface area contributed by atoms with Crippen molar-refractivity contribution in [2.24, 2.45) is 12.5 Å². The number of rotatable bonds is 2. The molecule has 0 saturated carbocycles. The summed E-state index contributed by atoms with van der Waals surface area (Å²) in [4.78, 5) is 24.3. The summed E-state index contributed by atoms with van der Waals surface area (Å²) < 4.78 is 7.25. The first-order valence-electron chi connectivity index (χ1n) is 9.88. The summed E-state index contributed by atoms with van der Waals surface area (Å²) in [7, 11) is 1.77. The Morgan fingerprint density at radius 1 is 1.28 bits per heavy atom. The molecule has 1 spiro atoms. The number of aromatic amines is 1. The summed E-state index contributed by atoms with van der Waals surface area (Å²) in [5, 5.41) is 8.21. The number of anilines is 1. The van der Waals surface area contributed by atoms with Gasteiger partial charge in [0.2, 0.25) is 5.95 Å². The molecule has 0 radical (unpaired) electrons. The van der Waals surface area contributed by atoms with Crippen molar-refractivity contribution in [1.82, 2.24) is 24.7 Å². The van der Waals surface area contributed by atoms with Gasteiger partial charge in [0.25, 0.3) is 5.56 Å². The fourth-order valence-electron chi connectivity index (χ4n) is 4.52. The Hall–Kier alpha value is -2.45. The molecule has 0 amide bonds. The fourth-order valence-corrected chi connectivity index (χ4v) is 4.68. The third-order valence-electron chi connectivity index (χ3n) is 6.47. The molecule has 2 aliphatic heterocycles. The average Bonchev–Trinajstić information content (AvgIpc) is 3.35. The van der Waals surface area contributed by atoms with Gasteiger partial charge >= 0.3 is 0 Å². The monoisotopic (exact) mass is 414 g/mol. The fraction of sp³-hybridized carbons (Fsp3) is 0.500. The maximum Gasteiger partial charge on any atom is 0.266 e. The zero-order chi connectivity index (χ0) is 20.2. The molecule has 5 rings (SSSR count). The predicted octanol–water partition coefficient (Wildman–Crippen LogP) is 2.69. The van der Waals surface area contributed by atoms with Gasteiger partial charge in [-0.3, -0.25) is 14.5 Å². The molecular weight excluding hydrogens is 392 g/mol. The standard InChI is InChI=1S/C20H23ClN6O2/c1-12-13(3-7-22-16(12)21)15-14-17(25-24-15)23-19(26(2)18(14)28)27-8-4-20(5-9-27)6-10-29-11-20/h3,7H,4-6,8-11H2,1-2H3,(H,24,25). The minimum atomic E-state index is -0.120. The molecule has 5 heterocycles. The maximum absolute atomic E-state index is 13.3. The maximum atomic E-state index is 13.3. The van der Waals surface area contributed by atoms with E-state index in [1.807, 2.05) is 13.0 Å². The van der Waals surface area contributed by atoms with Crippen LogP contribution >= 0.6 is 11.6 Å². The van der Waals surface area contributed by atoms with E-state index < -0.39 is 0 Å². The number of fused-ring (bicyclic) bond motifs is 1. The number of halogens is 1. The molecule has 0 aromatic carbocycles. The second kappa shape index (κ2) is 6.81. The molecular formula is C20H23ClN6O2. The van der Waals surface area contributed by atoms with E-state index in [-0.39, 0.29) is 5.56 Å². The highest BCUT2D eigenvalue weighted by Crippen LogP contribution is 2.40. The molecule has 152 valence electrons. The van der Waals surface area contributed by atoms with Crippen LogP contribution in [0.5, 0.6) is 0 Å². The third-order valence-corrected chi connectivity index (χ3v) is 6.85. The van der Waals surface area contributed by atoms with Crippen molar-refractivity contribution >= 4 is 28.6 Å². The number of nitrogens with zero attached hydrogens (tertiary/aromatic N) is 5. The summed E-state index contributed by atoms with van der Waals surface area (Å²) >= 11 is 6.17. The second-order valence-corrected chi connectivity index (χ2v) is 8.49. The molecule has 3 aromatic heterocycles. The minimum Gasteiger partial charge on any atom is -0.381 e. The van der Waals surface area contributed by atoms with Gasteiger partial charge in [0.15, 0.2) is 5.65 Å². The molecule has 0 atom stereocenters. The van der Waals surface area contributed by atoms with Crippen molar-refractivity contribution in [3.63, 3.8) is 0 Å². The summed E-state index contributed by atoms with van der Waals surface area (Å²) in [6, 6.07) is 1.82. The Morgan fingerprint density at radius 3 is 2.79 bits per heavy atom. The van der Waals surface area contributed by atoms with Gasteiger partial charge in [-0.2, -0.15) is 10.1 Å². The van der Waals surface area contributed by atoms with E-state index >= 15 is 0 Å². The Labute approximate surface area is 172 Å². The van der Waals surface area contributed by atoms with Crippen LogP contribution in [0.3, 0.4) is 0 Å². The summed E-state index contributed by atoms with van der Waals surface area (Å²) in [6.45, 7) is 5.32. The Morgan fingerprint density at radius 2 is 2.07 bits per heavy atom. The van der Waals surface area contributed by atoms with Crippen LogP contribution in [0.1, 0.15) is 24.8 Å². The molecule has 2 saturated heterocycles. The molecule has 3 aromatic rings. The van der Waals surface area contributed by atoms with Gasteiger partial charge in [-0.25, -0.2) is 4.98 Å². The van der Waals surface area contributed by atoms with Gasteiger partial charge in [0, 0.05) is 38.5 Å². The van der Waals surface area contributed by atoms with Crippen LogP contribution < -0.4 is 10.5 Å². The van der Waals surface area contributed by atoms with Crippen molar-refractivity contribution in [3.05, 3.63) is 33.3 Å². The first-order chi connectivity index (χ1) is 14.0. The molecule has 0 bridgehead atoms. The van der Waals surface area contributed by atoms with Crippen molar-refractivity contribution < 1.29 is 4.74 Å². The number of pyridine rings is 1. The van der Waals surface area contributed by atoms with Gasteiger partial charge in [0.05, 0.1) is 6.61 Å². The molecule has 8 nitrogen and oxygen atoms in total. The third kappa shape index (κ3) is 2.93. The lowest BCUT2D eigenvalue weighted by Gasteiger charge is -2.39. The van der Waals surface area contributed by atoms with Gasteiger partial charge in [-0.15, -0.1) is 0 Å². The normalized spacial score (nSPS) is 18.8. The van der Waals surface area contributed by atoms with Crippen LogP contribution in [0.4, 0.5) is 5.95 Å². The summed E-state index contributed by atoms with van der Waals surface area (Å²) in [5.41, 5.74) is 2.80. The van der Waals surface area contributed by atoms with Crippen LogP contribution in [-0.2, 0) is 11.8 Å². The number of ether oxygens (including phenoxy) is 1. The van der Waals surface area contributed by atoms with Crippen LogP contribution in [-0.4, -0.2) is 51.0 Å². The zero-order valence-corrected chi connectivity index (χ0v) is 17.3. The lowest BCUT2D eigenvalue weighted by atomic mass is 9.78. The molecule has 0 aliphatic carbocycles. The highest BCUT2D eigenvalue weighted by atomic mass is 35.5. The molecule has 0 unspecified atom stereocenters. The van der Waals surface area contributed by atoms with Crippen LogP contribution in [0.2, 0.25) is 5.15 Å². The lowest BCUT2D eigenvalue weighted by Crippen LogP contribution is -2.43. The van der Waals surface area contributed by atoms with Crippen molar-refractivity contribution in [3.8, 4) is 11.3 Å². The molecule has 2 fully saturated rings. The van der Waals surface area contributed by atoms with Gasteiger partial charge in [0.1, 0.15) is 16.2 Å². The summed E-state index contributed by atoms with van der Waals surface area (Å²) in [6.07, 6.45) is 4.87. The zero-order valence-electron chi connectivity index (χ0n) is 16.5. The first kappa shape index (κ1) is 18.6. The lowest BCUT2D eigenvalue weighted by molar-refractivity contribution is 0.133. The van der Waals surface area contributed by atoms with Crippen molar-refractivity contribution in [1.29, 1.82) is 0 Å². The Balaban J connectivity index is 1.54. The first-order valence-corrected chi connectivity index (χ1v) is 10.3. The smallest absolute Gasteiger partial charge is 0.266 e. The molecule has 1 N–H and O–H groups in total. The van der Waals surface area contributed by atoms with E-state index in [4.69, 9.17) is 21.3 Å². The predicted molar refractivity (Wildman–Crippen MR) is 111 cm³/mol. The van der Waals surface area contributed by atoms with E-state index in [1.54, 1.807) is 17.8 Å². The number of nitrogens with one attached hydrogen (secondary N) is 1. The number of H-pyrrole nitrogens is 1. The quantitative estimate of drug-likeness (QED) is 0.648. The molecule has 9 heteroatoms. The highest BCUT2D eigenvalue weighted by molar-refractivity contribution is 6.30. The molecule has 29 heavy (non-hydrogen) atoms.